The molecule has 2 heterocycles. The minimum Gasteiger partial charge on any atom is -0.481 e. The Kier molecular flexibility index (Phi) is 4.55. The third-order valence-electron chi connectivity index (χ3n) is 4.20. The minimum atomic E-state index is -3.97. The predicted octanol–water partition coefficient (Wildman–Crippen LogP) is 0.104. The lowest BCUT2D eigenvalue weighted by atomic mass is 9.82. The molecule has 0 aliphatic carbocycles. The van der Waals surface area contributed by atoms with Crippen LogP contribution in [0.2, 0.25) is 0 Å². The van der Waals surface area contributed by atoms with E-state index in [0.29, 0.717) is 5.69 Å². The second-order valence-corrected chi connectivity index (χ2v) is 7.70. The number of carbonyl (C=O) groups excluding carboxylic acids is 2. The highest BCUT2D eigenvalue weighted by molar-refractivity contribution is 7.90. The molecule has 1 aromatic rings. The number of sulfonamides is 1. The number of anilines is 1. The number of amides is 2. The number of ether oxygens (including phenoxy) is 1. The van der Waals surface area contributed by atoms with Gasteiger partial charge >= 0.3 is 5.97 Å². The molecule has 0 radical (unpaired) electrons. The van der Waals surface area contributed by atoms with Crippen LogP contribution in [0.1, 0.15) is 6.92 Å². The Morgan fingerprint density at radius 3 is 2.15 bits per heavy atom. The van der Waals surface area contributed by atoms with Gasteiger partial charge in [0.1, 0.15) is 5.92 Å². The zero-order valence-corrected chi connectivity index (χ0v) is 14.4. The molecule has 4 atom stereocenters. The molecular formula is C16H16N2O7S. The molecule has 2 aliphatic rings. The summed E-state index contributed by atoms with van der Waals surface area (Å²) >= 11 is 0. The highest BCUT2D eigenvalue weighted by Crippen LogP contribution is 2.39. The molecule has 10 heteroatoms. The Labute approximate surface area is 149 Å². The van der Waals surface area contributed by atoms with Crippen LogP contribution in [-0.2, 0) is 29.1 Å². The molecule has 1 fully saturated rings. The summed E-state index contributed by atoms with van der Waals surface area (Å²) in [5.74, 6) is -4.19. The first-order valence-corrected chi connectivity index (χ1v) is 9.18. The summed E-state index contributed by atoms with van der Waals surface area (Å²) in [7, 11) is -3.97. The number of aliphatic carboxylic acids is 1. The Balaban J connectivity index is 1.73. The van der Waals surface area contributed by atoms with Crippen molar-refractivity contribution in [3.8, 4) is 0 Å². The Bertz CT molecular complexity index is 892. The number of rotatable bonds is 5. The van der Waals surface area contributed by atoms with Crippen LogP contribution in [0.25, 0.3) is 0 Å². The van der Waals surface area contributed by atoms with Gasteiger partial charge in [-0.2, -0.15) is 0 Å². The van der Waals surface area contributed by atoms with Crippen LogP contribution in [0.4, 0.5) is 5.69 Å². The molecule has 2 aliphatic heterocycles. The fraction of sp³-hybridized carbons (Fsp3) is 0.312. The van der Waals surface area contributed by atoms with E-state index < -0.39 is 51.9 Å². The van der Waals surface area contributed by atoms with Crippen LogP contribution >= 0.6 is 0 Å². The van der Waals surface area contributed by atoms with Crippen molar-refractivity contribution >= 4 is 33.5 Å². The average Bonchev–Trinajstić information content (AvgIpc) is 3.15. The van der Waals surface area contributed by atoms with Gasteiger partial charge in [0.2, 0.25) is 11.8 Å². The zero-order valence-electron chi connectivity index (χ0n) is 13.6. The summed E-state index contributed by atoms with van der Waals surface area (Å²) < 4.78 is 31.0. The fourth-order valence-corrected chi connectivity index (χ4v) is 4.10. The van der Waals surface area contributed by atoms with E-state index in [-0.39, 0.29) is 4.90 Å². The first-order chi connectivity index (χ1) is 12.2. The van der Waals surface area contributed by atoms with E-state index in [4.69, 9.17) is 4.74 Å². The third-order valence-corrected chi connectivity index (χ3v) is 5.65. The molecule has 2 bridgehead atoms. The average molecular weight is 380 g/mol. The van der Waals surface area contributed by atoms with Crippen LogP contribution < -0.4 is 10.0 Å². The summed E-state index contributed by atoms with van der Waals surface area (Å²) in [6.07, 6.45) is 2.07. The highest BCUT2D eigenvalue weighted by atomic mass is 32.2. The topological polar surface area (TPSA) is 139 Å². The van der Waals surface area contributed by atoms with Crippen LogP contribution in [0.15, 0.2) is 41.3 Å². The number of nitrogens with one attached hydrogen (secondary N) is 2. The van der Waals surface area contributed by atoms with Gasteiger partial charge in [0, 0.05) is 12.6 Å². The van der Waals surface area contributed by atoms with E-state index in [1.165, 1.54) is 24.3 Å². The molecule has 1 aromatic carbocycles. The molecule has 2 amide bonds. The number of hydrogen-bond acceptors (Lipinski definition) is 6. The standard InChI is InChI=1S/C16H16N2O7S/c1-8(19)18-26(23,24)10-4-2-9(3-5-10)17-15(20)13-11-6-7-12(25-11)14(13)16(21)22/h2-7,11-14H,1H3,(H,17,20)(H,18,19)(H,21,22)/t11-,12+,13+,14+/m1/s1. The molecule has 9 nitrogen and oxygen atoms in total. The van der Waals surface area contributed by atoms with Crippen LogP contribution in [-0.4, -0.2) is 43.5 Å². The summed E-state index contributed by atoms with van der Waals surface area (Å²) in [5, 5.41) is 11.9. The van der Waals surface area contributed by atoms with Crippen molar-refractivity contribution < 1.29 is 32.6 Å². The molecule has 0 aromatic heterocycles. The smallest absolute Gasteiger partial charge is 0.310 e. The van der Waals surface area contributed by atoms with E-state index in [1.54, 1.807) is 12.2 Å². The number of hydrogen-bond donors (Lipinski definition) is 3. The summed E-state index contributed by atoms with van der Waals surface area (Å²) in [4.78, 5) is 34.7. The van der Waals surface area contributed by atoms with Crippen molar-refractivity contribution in [1.82, 2.24) is 4.72 Å². The SMILES string of the molecule is CC(=O)NS(=O)(=O)c1ccc(NC(=O)[C@@H]2[C@@H](C(=O)O)[C@@H]3C=C[C@H]2O3)cc1. The molecule has 3 N–H and O–H groups in total. The third kappa shape index (κ3) is 3.33. The molecule has 138 valence electrons. The Morgan fingerprint density at radius 1 is 1.04 bits per heavy atom. The van der Waals surface area contributed by atoms with E-state index in [0.717, 1.165) is 6.92 Å². The molecule has 26 heavy (non-hydrogen) atoms. The summed E-state index contributed by atoms with van der Waals surface area (Å²) in [6, 6.07) is 5.16. The van der Waals surface area contributed by atoms with Gasteiger partial charge in [0.25, 0.3) is 10.0 Å². The Hall–Kier alpha value is -2.72. The van der Waals surface area contributed by atoms with Gasteiger partial charge in [-0.05, 0) is 24.3 Å². The maximum atomic E-state index is 12.5. The summed E-state index contributed by atoms with van der Waals surface area (Å²) in [5.41, 5.74) is 0.299. The molecule has 0 spiro atoms. The van der Waals surface area contributed by atoms with Crippen LogP contribution in [0, 0.1) is 11.8 Å². The second-order valence-electron chi connectivity index (χ2n) is 6.02. The van der Waals surface area contributed by atoms with Gasteiger partial charge in [0.15, 0.2) is 0 Å². The predicted molar refractivity (Wildman–Crippen MR) is 88.5 cm³/mol. The van der Waals surface area contributed by atoms with Crippen molar-refractivity contribution in [2.45, 2.75) is 24.0 Å². The van der Waals surface area contributed by atoms with Gasteiger partial charge < -0.3 is 15.2 Å². The summed E-state index contributed by atoms with van der Waals surface area (Å²) in [6.45, 7) is 1.08. The number of carboxylic acid groups (broad SMARTS) is 1. The second kappa shape index (κ2) is 6.54. The van der Waals surface area contributed by atoms with Gasteiger partial charge in [-0.25, -0.2) is 13.1 Å². The minimum absolute atomic E-state index is 0.139. The number of carboxylic acids is 1. The Morgan fingerprint density at radius 2 is 1.62 bits per heavy atom. The molecule has 0 saturated carbocycles. The van der Waals surface area contributed by atoms with Crippen LogP contribution in [0.3, 0.4) is 0 Å². The van der Waals surface area contributed by atoms with Crippen molar-refractivity contribution in [3.05, 3.63) is 36.4 Å². The van der Waals surface area contributed by atoms with Crippen molar-refractivity contribution in [2.75, 3.05) is 5.32 Å². The van der Waals surface area contributed by atoms with E-state index in [1.807, 2.05) is 4.72 Å². The maximum Gasteiger partial charge on any atom is 0.310 e. The fourth-order valence-electron chi connectivity index (χ4n) is 3.11. The van der Waals surface area contributed by atoms with Gasteiger partial charge in [-0.3, -0.25) is 14.4 Å². The monoisotopic (exact) mass is 380 g/mol. The first kappa shape index (κ1) is 18.1. The lowest BCUT2D eigenvalue weighted by molar-refractivity contribution is -0.145. The lowest BCUT2D eigenvalue weighted by Crippen LogP contribution is -2.39. The van der Waals surface area contributed by atoms with Crippen molar-refractivity contribution in [1.29, 1.82) is 0 Å². The van der Waals surface area contributed by atoms with Crippen molar-refractivity contribution in [3.63, 3.8) is 0 Å². The zero-order chi connectivity index (χ0) is 19.1. The van der Waals surface area contributed by atoms with E-state index in [2.05, 4.69) is 5.32 Å². The number of fused-ring (bicyclic) bond motifs is 2. The lowest BCUT2D eigenvalue weighted by Gasteiger charge is -2.21. The molecule has 1 saturated heterocycles. The van der Waals surface area contributed by atoms with Gasteiger partial charge in [-0.1, -0.05) is 12.2 Å². The van der Waals surface area contributed by atoms with Crippen molar-refractivity contribution in [2.24, 2.45) is 11.8 Å². The maximum absolute atomic E-state index is 12.5. The molecule has 3 rings (SSSR count). The molecule has 0 unspecified atom stereocenters. The highest BCUT2D eigenvalue weighted by Gasteiger charge is 2.53. The quantitative estimate of drug-likeness (QED) is 0.616. The van der Waals surface area contributed by atoms with Gasteiger partial charge in [-0.15, -0.1) is 0 Å². The number of benzene rings is 1. The van der Waals surface area contributed by atoms with E-state index in [9.17, 15) is 27.9 Å². The van der Waals surface area contributed by atoms with E-state index >= 15 is 0 Å². The first-order valence-electron chi connectivity index (χ1n) is 7.70. The largest absolute Gasteiger partial charge is 0.481 e. The molecular weight excluding hydrogens is 364 g/mol. The normalized spacial score (nSPS) is 26.5. The van der Waals surface area contributed by atoms with Crippen LogP contribution in [0.5, 0.6) is 0 Å². The number of carbonyl (C=O) groups is 3. The van der Waals surface area contributed by atoms with Gasteiger partial charge in [0.05, 0.1) is 23.0 Å².